The quantitative estimate of drug-likeness (QED) is 0.0199. The molecular weight excluding hydrogens is 1190 g/mol. The lowest BCUT2D eigenvalue weighted by Gasteiger charge is -2.48. The van der Waals surface area contributed by atoms with Crippen molar-refractivity contribution in [1.29, 1.82) is 0 Å². The summed E-state index contributed by atoms with van der Waals surface area (Å²) >= 11 is 0. The lowest BCUT2D eigenvalue weighted by molar-refractivity contribution is -0.379. The van der Waals surface area contributed by atoms with Gasteiger partial charge in [-0.15, -0.1) is 0 Å². The average Bonchev–Trinajstić information content (AvgIpc) is 0.818. The number of rotatable bonds is 59. The molecule has 3 fully saturated rings. The Balaban J connectivity index is 1.33. The first-order valence-corrected chi connectivity index (χ1v) is 37.7. The molecule has 0 bridgehead atoms. The fourth-order valence-corrected chi connectivity index (χ4v) is 12.8. The second-order valence-corrected chi connectivity index (χ2v) is 27.1. The largest absolute Gasteiger partial charge is 0.394 e. The second kappa shape index (κ2) is 55.8. The van der Waals surface area contributed by atoms with Gasteiger partial charge in [-0.25, -0.2) is 0 Å². The summed E-state index contributed by atoms with van der Waals surface area (Å²) in [7, 11) is 0. The normalized spacial score (nSPS) is 27.7. The highest BCUT2D eigenvalue weighted by Crippen LogP contribution is 2.33. The van der Waals surface area contributed by atoms with Crippen molar-refractivity contribution in [1.82, 2.24) is 5.32 Å². The molecule has 546 valence electrons. The average molecular weight is 1330 g/mol. The fourth-order valence-electron chi connectivity index (χ4n) is 12.8. The summed E-state index contributed by atoms with van der Waals surface area (Å²) in [5.74, 6) is -0.285. The van der Waals surface area contributed by atoms with Crippen molar-refractivity contribution in [2.75, 3.05) is 26.4 Å². The standard InChI is InChI=1S/C74H137NO18/c1-3-5-7-9-11-13-15-17-19-20-21-22-23-24-25-26-27-28-29-30-31-32-33-34-35-36-37-38-40-42-44-46-48-50-52-62(80)75-57(58(79)51-49-47-45-43-41-39-18-16-14-12-10-8-6-4-2)56-88-72-68(86)65(83)70(60(54-77)90-72)93-74-69(87)66(84)71(61(55-78)91-74)92-73-67(85)64(82)63(81)59(53-76)89-73/h14,16,41,43,49,51,57-61,63-74,76-79,81-87H,3-13,15,17-40,42,44-48,50,52-56H2,1-2H3,(H,75,80)/b16-14+,43-41+,51-49+. The number of aliphatic hydroxyl groups excluding tert-OH is 11. The highest BCUT2D eigenvalue weighted by atomic mass is 16.8. The summed E-state index contributed by atoms with van der Waals surface area (Å²) in [5.41, 5.74) is 0. The number of ether oxygens (including phenoxy) is 6. The van der Waals surface area contributed by atoms with Gasteiger partial charge < -0.3 is 89.9 Å². The number of nitrogens with one attached hydrogen (secondary N) is 1. The Morgan fingerprint density at radius 2 is 0.688 bits per heavy atom. The first-order valence-electron chi connectivity index (χ1n) is 37.7. The van der Waals surface area contributed by atoms with Crippen LogP contribution in [0.4, 0.5) is 0 Å². The number of carbonyl (C=O) groups is 1. The number of unbranched alkanes of at least 4 members (excludes halogenated alkanes) is 39. The fraction of sp³-hybridized carbons (Fsp3) is 0.905. The maximum absolute atomic E-state index is 13.4. The van der Waals surface area contributed by atoms with Crippen LogP contribution in [0.15, 0.2) is 36.5 Å². The maximum Gasteiger partial charge on any atom is 0.220 e. The zero-order chi connectivity index (χ0) is 67.5. The third-order valence-corrected chi connectivity index (χ3v) is 18.9. The van der Waals surface area contributed by atoms with Gasteiger partial charge in [-0.3, -0.25) is 4.79 Å². The van der Waals surface area contributed by atoms with Crippen LogP contribution in [-0.2, 0) is 33.2 Å². The van der Waals surface area contributed by atoms with Gasteiger partial charge in [0.15, 0.2) is 18.9 Å². The molecule has 0 aromatic rings. The van der Waals surface area contributed by atoms with E-state index in [0.29, 0.717) is 12.8 Å². The van der Waals surface area contributed by atoms with Gasteiger partial charge in [0.25, 0.3) is 0 Å². The van der Waals surface area contributed by atoms with E-state index in [2.05, 4.69) is 43.5 Å². The summed E-state index contributed by atoms with van der Waals surface area (Å²) in [4.78, 5) is 13.4. The van der Waals surface area contributed by atoms with Crippen LogP contribution >= 0.6 is 0 Å². The first kappa shape index (κ1) is 85.2. The van der Waals surface area contributed by atoms with Crippen molar-refractivity contribution in [3.05, 3.63) is 36.5 Å². The van der Waals surface area contributed by atoms with Gasteiger partial charge >= 0.3 is 0 Å². The third-order valence-electron chi connectivity index (χ3n) is 18.9. The number of aliphatic hydroxyl groups is 11. The molecule has 0 aromatic carbocycles. The summed E-state index contributed by atoms with van der Waals surface area (Å²) in [6.07, 6.45) is 40.2. The predicted octanol–water partition coefficient (Wildman–Crippen LogP) is 11.2. The molecule has 0 spiro atoms. The van der Waals surface area contributed by atoms with Crippen LogP contribution in [0, 0.1) is 0 Å². The number of hydrogen-bond acceptors (Lipinski definition) is 18. The zero-order valence-corrected chi connectivity index (χ0v) is 58.0. The topological polar surface area (TPSA) is 307 Å². The molecule has 0 radical (unpaired) electrons. The molecule has 93 heavy (non-hydrogen) atoms. The van der Waals surface area contributed by atoms with E-state index in [9.17, 15) is 61.0 Å². The molecular formula is C74H137NO18. The molecule has 19 heteroatoms. The van der Waals surface area contributed by atoms with Gasteiger partial charge in [-0.2, -0.15) is 0 Å². The van der Waals surface area contributed by atoms with Crippen LogP contribution in [0.25, 0.3) is 0 Å². The summed E-state index contributed by atoms with van der Waals surface area (Å²) < 4.78 is 34.3. The highest BCUT2D eigenvalue weighted by Gasteiger charge is 2.53. The maximum atomic E-state index is 13.4. The monoisotopic (exact) mass is 1330 g/mol. The van der Waals surface area contributed by atoms with E-state index in [-0.39, 0.29) is 18.9 Å². The minimum atomic E-state index is -1.98. The minimum absolute atomic E-state index is 0.236. The minimum Gasteiger partial charge on any atom is -0.394 e. The summed E-state index contributed by atoms with van der Waals surface area (Å²) in [5, 5.41) is 120. The van der Waals surface area contributed by atoms with E-state index in [1.54, 1.807) is 6.08 Å². The zero-order valence-electron chi connectivity index (χ0n) is 58.0. The van der Waals surface area contributed by atoms with E-state index in [1.165, 1.54) is 218 Å². The number of amides is 1. The van der Waals surface area contributed by atoms with Gasteiger partial charge in [0, 0.05) is 6.42 Å². The number of hydrogen-bond donors (Lipinski definition) is 12. The van der Waals surface area contributed by atoms with Crippen LogP contribution in [0.2, 0.25) is 0 Å². The van der Waals surface area contributed by atoms with Crippen molar-refractivity contribution in [3.8, 4) is 0 Å². The van der Waals surface area contributed by atoms with Crippen LogP contribution in [0.1, 0.15) is 296 Å². The van der Waals surface area contributed by atoms with Crippen molar-refractivity contribution in [2.45, 2.75) is 401 Å². The Labute approximate surface area is 561 Å². The van der Waals surface area contributed by atoms with Gasteiger partial charge in [0.1, 0.15) is 73.2 Å². The number of allylic oxidation sites excluding steroid dienone is 5. The van der Waals surface area contributed by atoms with Gasteiger partial charge in [0.05, 0.1) is 38.6 Å². The molecule has 3 aliphatic heterocycles. The van der Waals surface area contributed by atoms with Crippen LogP contribution in [-0.4, -0.2) is 193 Å². The summed E-state index contributed by atoms with van der Waals surface area (Å²) in [6, 6.07) is -0.994. The summed E-state index contributed by atoms with van der Waals surface area (Å²) in [6.45, 7) is 1.71. The molecule has 3 rings (SSSR count). The lowest BCUT2D eigenvalue weighted by Crippen LogP contribution is -2.66. The van der Waals surface area contributed by atoms with Crippen molar-refractivity contribution < 1.29 is 89.4 Å². The Kier molecular flexibility index (Phi) is 51.2. The molecule has 3 aliphatic rings. The van der Waals surface area contributed by atoms with Crippen molar-refractivity contribution in [3.63, 3.8) is 0 Å². The molecule has 17 unspecified atom stereocenters. The molecule has 19 nitrogen and oxygen atoms in total. The van der Waals surface area contributed by atoms with Gasteiger partial charge in [0.2, 0.25) is 5.91 Å². The van der Waals surface area contributed by atoms with Crippen LogP contribution < -0.4 is 5.32 Å². The molecule has 0 aliphatic carbocycles. The van der Waals surface area contributed by atoms with E-state index >= 15 is 0 Å². The lowest BCUT2D eigenvalue weighted by atomic mass is 9.96. The molecule has 3 heterocycles. The van der Waals surface area contributed by atoms with Gasteiger partial charge in [-0.05, 0) is 44.9 Å². The molecule has 3 saturated heterocycles. The molecule has 0 aromatic heterocycles. The van der Waals surface area contributed by atoms with Crippen molar-refractivity contribution in [2.24, 2.45) is 0 Å². The Morgan fingerprint density at radius 3 is 1.08 bits per heavy atom. The van der Waals surface area contributed by atoms with E-state index in [0.717, 1.165) is 44.9 Å². The first-order chi connectivity index (χ1) is 45.3. The Hall–Kier alpha value is -1.99. The Morgan fingerprint density at radius 1 is 0.376 bits per heavy atom. The van der Waals surface area contributed by atoms with Crippen molar-refractivity contribution >= 4 is 5.91 Å². The predicted molar refractivity (Wildman–Crippen MR) is 365 cm³/mol. The van der Waals surface area contributed by atoms with E-state index in [4.69, 9.17) is 28.4 Å². The SMILES string of the molecule is CCCCCC/C=C/CC/C=C/CC/C=C/C(O)C(COC1OC(CO)C(OC2OC(CO)C(OC3OC(CO)C(O)C(O)C3O)C(O)C2O)C(O)C1O)NC(=O)CCCCCCCCCCCCCCCCCCCCCCCCCCCCCCCCCCCC. The molecule has 1 amide bonds. The smallest absolute Gasteiger partial charge is 0.220 e. The van der Waals surface area contributed by atoms with Gasteiger partial charge in [-0.1, -0.05) is 281 Å². The van der Waals surface area contributed by atoms with Crippen LogP contribution in [0.5, 0.6) is 0 Å². The Bertz CT molecular complexity index is 1830. The third kappa shape index (κ3) is 37.1. The van der Waals surface area contributed by atoms with E-state index < -0.39 is 124 Å². The molecule has 12 N–H and O–H groups in total. The molecule has 0 saturated carbocycles. The van der Waals surface area contributed by atoms with Crippen LogP contribution in [0.3, 0.4) is 0 Å². The highest BCUT2D eigenvalue weighted by molar-refractivity contribution is 5.76. The van der Waals surface area contributed by atoms with E-state index in [1.807, 2.05) is 6.08 Å². The number of carbonyl (C=O) groups excluding carboxylic acids is 1. The molecule has 17 atom stereocenters. The second-order valence-electron chi connectivity index (χ2n) is 27.1.